The highest BCUT2D eigenvalue weighted by Gasteiger charge is 2.39. The first kappa shape index (κ1) is 12.8. The van der Waals surface area contributed by atoms with Crippen molar-refractivity contribution in [1.29, 1.82) is 0 Å². The highest BCUT2D eigenvalue weighted by molar-refractivity contribution is 8.07. The minimum Gasteiger partial charge on any atom is -0.164 e. The predicted octanol–water partition coefficient (Wildman–Crippen LogP) is 3.85. The fourth-order valence-electron chi connectivity index (χ4n) is 2.34. The summed E-state index contributed by atoms with van der Waals surface area (Å²) in [6.07, 6.45) is 8.92. The monoisotopic (exact) mass is 280 g/mol. The third-order valence-corrected chi connectivity index (χ3v) is 8.50. The molecule has 2 aliphatic heterocycles. The molecular weight excluding hydrogens is 260 g/mol. The summed E-state index contributed by atoms with van der Waals surface area (Å²) in [6, 6.07) is 0. The van der Waals surface area contributed by atoms with Gasteiger partial charge >= 0.3 is 0 Å². The molecule has 0 aromatic carbocycles. The summed E-state index contributed by atoms with van der Waals surface area (Å²) in [5.41, 5.74) is 0. The van der Waals surface area contributed by atoms with Crippen molar-refractivity contribution in [2.24, 2.45) is 0 Å². The van der Waals surface area contributed by atoms with Gasteiger partial charge in [-0.05, 0) is 31.8 Å². The zero-order valence-electron chi connectivity index (χ0n) is 9.48. The van der Waals surface area contributed by atoms with Crippen molar-refractivity contribution < 1.29 is 0 Å². The molecule has 0 amide bonds. The number of hydrogen-bond donors (Lipinski definition) is 0. The van der Waals surface area contributed by atoms with Gasteiger partial charge in [0, 0.05) is 32.5 Å². The smallest absolute Gasteiger partial charge is 0.0180 e. The normalized spacial score (nSPS) is 40.4. The van der Waals surface area contributed by atoms with Crippen LogP contribution in [0.15, 0.2) is 0 Å². The lowest BCUT2D eigenvalue weighted by molar-refractivity contribution is 0.637. The van der Waals surface area contributed by atoms with Crippen LogP contribution < -0.4 is 0 Å². The van der Waals surface area contributed by atoms with E-state index in [4.69, 9.17) is 0 Å². The third-order valence-electron chi connectivity index (χ3n) is 3.12. The van der Waals surface area contributed by atoms with Crippen molar-refractivity contribution in [2.45, 2.75) is 40.3 Å². The van der Waals surface area contributed by atoms with Crippen molar-refractivity contribution in [2.75, 3.05) is 24.0 Å². The van der Waals surface area contributed by atoms with Crippen LogP contribution in [0.3, 0.4) is 0 Å². The van der Waals surface area contributed by atoms with Crippen molar-refractivity contribution in [1.82, 2.24) is 0 Å². The second kappa shape index (κ2) is 6.36. The first-order chi connectivity index (χ1) is 7.33. The molecule has 2 saturated heterocycles. The molecule has 0 saturated carbocycles. The SMILES string of the molecule is CSCC1CCC(C2CC(CSC)S2)S1. The van der Waals surface area contributed by atoms with Crippen LogP contribution in [0, 0.1) is 0 Å². The quantitative estimate of drug-likeness (QED) is 0.750. The largest absolute Gasteiger partial charge is 0.164 e. The summed E-state index contributed by atoms with van der Waals surface area (Å²) in [5, 5.41) is 3.93. The fraction of sp³-hybridized carbons (Fsp3) is 1.00. The molecule has 0 bridgehead atoms. The second-order valence-electron chi connectivity index (χ2n) is 4.32. The topological polar surface area (TPSA) is 0 Å². The van der Waals surface area contributed by atoms with E-state index in [0.29, 0.717) is 0 Å². The van der Waals surface area contributed by atoms with Gasteiger partial charge in [-0.3, -0.25) is 0 Å². The predicted molar refractivity (Wildman–Crippen MR) is 80.9 cm³/mol. The van der Waals surface area contributed by atoms with Crippen molar-refractivity contribution in [3.05, 3.63) is 0 Å². The summed E-state index contributed by atoms with van der Waals surface area (Å²) in [6.45, 7) is 0. The zero-order valence-corrected chi connectivity index (χ0v) is 12.7. The van der Waals surface area contributed by atoms with Gasteiger partial charge in [-0.15, -0.1) is 0 Å². The zero-order chi connectivity index (χ0) is 10.7. The van der Waals surface area contributed by atoms with Gasteiger partial charge in [0.2, 0.25) is 0 Å². The molecular formula is C11H20S4. The van der Waals surface area contributed by atoms with Gasteiger partial charge in [0.15, 0.2) is 0 Å². The first-order valence-electron chi connectivity index (χ1n) is 5.62. The average molecular weight is 281 g/mol. The highest BCUT2D eigenvalue weighted by atomic mass is 32.2. The lowest BCUT2D eigenvalue weighted by Crippen LogP contribution is -2.35. The molecule has 4 heteroatoms. The summed E-state index contributed by atoms with van der Waals surface area (Å²) in [4.78, 5) is 0. The second-order valence-corrected chi connectivity index (χ2v) is 9.23. The van der Waals surface area contributed by atoms with Crippen LogP contribution in [0.5, 0.6) is 0 Å². The van der Waals surface area contributed by atoms with Gasteiger partial charge in [-0.1, -0.05) is 0 Å². The Morgan fingerprint density at radius 1 is 0.933 bits per heavy atom. The first-order valence-corrected chi connectivity index (χ1v) is 10.3. The minimum absolute atomic E-state index is 0.963. The van der Waals surface area contributed by atoms with E-state index in [1.165, 1.54) is 30.8 Å². The Morgan fingerprint density at radius 3 is 2.20 bits per heavy atom. The molecule has 88 valence electrons. The molecule has 2 fully saturated rings. The van der Waals surface area contributed by atoms with Crippen LogP contribution in [0.1, 0.15) is 19.3 Å². The minimum atomic E-state index is 0.963. The third kappa shape index (κ3) is 3.43. The van der Waals surface area contributed by atoms with Gasteiger partial charge in [-0.2, -0.15) is 47.0 Å². The molecule has 4 atom stereocenters. The van der Waals surface area contributed by atoms with Crippen LogP contribution >= 0.6 is 47.0 Å². The molecule has 15 heavy (non-hydrogen) atoms. The van der Waals surface area contributed by atoms with E-state index in [0.717, 1.165) is 21.0 Å². The van der Waals surface area contributed by atoms with E-state index in [1.807, 2.05) is 23.5 Å². The summed E-state index contributed by atoms with van der Waals surface area (Å²) < 4.78 is 0. The molecule has 0 nitrogen and oxygen atoms in total. The van der Waals surface area contributed by atoms with Crippen LogP contribution in [-0.2, 0) is 0 Å². The van der Waals surface area contributed by atoms with E-state index in [-0.39, 0.29) is 0 Å². The van der Waals surface area contributed by atoms with Crippen molar-refractivity contribution >= 4 is 47.0 Å². The molecule has 0 aliphatic carbocycles. The van der Waals surface area contributed by atoms with Crippen LogP contribution in [0.2, 0.25) is 0 Å². The summed E-state index contributed by atoms with van der Waals surface area (Å²) in [7, 11) is 0. The number of hydrogen-bond acceptors (Lipinski definition) is 4. The lowest BCUT2D eigenvalue weighted by atomic mass is 10.1. The average Bonchev–Trinajstić information content (AvgIpc) is 2.59. The molecule has 0 N–H and O–H groups in total. The molecule has 0 aromatic rings. The lowest BCUT2D eigenvalue weighted by Gasteiger charge is -2.38. The summed E-state index contributed by atoms with van der Waals surface area (Å²) in [5.74, 6) is 2.74. The Kier molecular flexibility index (Phi) is 5.45. The molecule has 0 spiro atoms. The van der Waals surface area contributed by atoms with E-state index in [1.54, 1.807) is 0 Å². The number of thioether (sulfide) groups is 4. The Bertz CT molecular complexity index is 191. The van der Waals surface area contributed by atoms with Gasteiger partial charge in [0.1, 0.15) is 0 Å². The maximum atomic E-state index is 2.29. The van der Waals surface area contributed by atoms with Crippen LogP contribution in [0.4, 0.5) is 0 Å². The Balaban J connectivity index is 1.65. The van der Waals surface area contributed by atoms with Gasteiger partial charge in [0.05, 0.1) is 0 Å². The van der Waals surface area contributed by atoms with Crippen molar-refractivity contribution in [3.8, 4) is 0 Å². The van der Waals surface area contributed by atoms with Crippen LogP contribution in [-0.4, -0.2) is 45.0 Å². The molecule has 4 unspecified atom stereocenters. The van der Waals surface area contributed by atoms with Gasteiger partial charge in [-0.25, -0.2) is 0 Å². The molecule has 2 heterocycles. The van der Waals surface area contributed by atoms with E-state index in [9.17, 15) is 0 Å². The van der Waals surface area contributed by atoms with Crippen molar-refractivity contribution in [3.63, 3.8) is 0 Å². The van der Waals surface area contributed by atoms with E-state index < -0.39 is 0 Å². The fourth-order valence-corrected chi connectivity index (χ4v) is 7.65. The van der Waals surface area contributed by atoms with Gasteiger partial charge < -0.3 is 0 Å². The molecule has 0 radical (unpaired) electrons. The standard InChI is InChI=1S/C11H20S4/c1-12-6-8-3-4-10(14-8)11-5-9(15-11)7-13-2/h8-11H,3-7H2,1-2H3. The summed E-state index contributed by atoms with van der Waals surface area (Å²) >= 11 is 8.58. The molecule has 2 rings (SSSR count). The maximum absolute atomic E-state index is 2.29. The number of rotatable bonds is 5. The van der Waals surface area contributed by atoms with E-state index >= 15 is 0 Å². The highest BCUT2D eigenvalue weighted by Crippen LogP contribution is 2.49. The Labute approximate surface area is 111 Å². The van der Waals surface area contributed by atoms with Gasteiger partial charge in [0.25, 0.3) is 0 Å². The van der Waals surface area contributed by atoms with E-state index in [2.05, 4.69) is 36.0 Å². The van der Waals surface area contributed by atoms with Crippen LogP contribution in [0.25, 0.3) is 0 Å². The Hall–Kier alpha value is 1.40. The molecule has 0 aromatic heterocycles. The molecule has 2 aliphatic rings. The Morgan fingerprint density at radius 2 is 1.53 bits per heavy atom. The maximum Gasteiger partial charge on any atom is 0.0180 e.